The van der Waals surface area contributed by atoms with Crippen molar-refractivity contribution in [2.75, 3.05) is 32.8 Å². The quantitative estimate of drug-likeness (QED) is 0.103. The molecule has 0 amide bonds. The molecule has 0 aliphatic rings. The second-order valence-corrected chi connectivity index (χ2v) is 14.9. The normalized spacial score (nSPS) is 13.1. The van der Waals surface area contributed by atoms with Crippen molar-refractivity contribution in [2.45, 2.75) is 71.0 Å². The van der Waals surface area contributed by atoms with Gasteiger partial charge in [-0.1, -0.05) is 11.8 Å². The number of hydrogen-bond acceptors (Lipinski definition) is 14. The largest absolute Gasteiger partial charge is 0.497 e. The first-order chi connectivity index (χ1) is 20.5. The van der Waals surface area contributed by atoms with E-state index in [0.29, 0.717) is 16.2 Å². The van der Waals surface area contributed by atoms with Crippen LogP contribution in [0.5, 0.6) is 5.75 Å². The Morgan fingerprint density at radius 3 is 2.07 bits per heavy atom. The maximum Gasteiger partial charge on any atom is 0.361 e. The van der Waals surface area contributed by atoms with Crippen molar-refractivity contribution in [1.29, 1.82) is 0 Å². The van der Waals surface area contributed by atoms with Gasteiger partial charge in [-0.15, -0.1) is 0 Å². The SMILES string of the molecule is COc1ccc(Sc2nc(N)nc3c2ncn3CC(C)OCP(=O)(OCOC(=O)C(C)(C)C)OCOC(=O)C(C)(C)C)cc1. The highest BCUT2D eigenvalue weighted by Crippen LogP contribution is 2.48. The summed E-state index contributed by atoms with van der Waals surface area (Å²) in [6.45, 7) is 10.7. The molecular formula is C28H40N5O9PS. The molecule has 0 aliphatic carbocycles. The third-order valence-electron chi connectivity index (χ3n) is 5.80. The zero-order valence-electron chi connectivity index (χ0n) is 26.2. The molecule has 0 fully saturated rings. The van der Waals surface area contributed by atoms with Crippen molar-refractivity contribution in [3.63, 3.8) is 0 Å². The van der Waals surface area contributed by atoms with Gasteiger partial charge in [-0.2, -0.15) is 4.98 Å². The molecule has 1 aromatic carbocycles. The molecule has 242 valence electrons. The van der Waals surface area contributed by atoms with Crippen LogP contribution in [0.4, 0.5) is 5.95 Å². The molecule has 0 spiro atoms. The molecule has 3 aromatic rings. The fourth-order valence-electron chi connectivity index (χ4n) is 3.31. The van der Waals surface area contributed by atoms with Crippen LogP contribution in [0.15, 0.2) is 40.5 Å². The number of methoxy groups -OCH3 is 1. The number of nitrogens with zero attached hydrogens (tertiary/aromatic N) is 4. The van der Waals surface area contributed by atoms with Crippen LogP contribution in [0.25, 0.3) is 11.2 Å². The number of ether oxygens (including phenoxy) is 4. The van der Waals surface area contributed by atoms with Crippen LogP contribution in [0.1, 0.15) is 48.5 Å². The van der Waals surface area contributed by atoms with Gasteiger partial charge in [-0.25, -0.2) is 9.97 Å². The van der Waals surface area contributed by atoms with E-state index in [9.17, 15) is 14.2 Å². The Labute approximate surface area is 260 Å². The second kappa shape index (κ2) is 14.7. The average Bonchev–Trinajstić information content (AvgIpc) is 3.33. The van der Waals surface area contributed by atoms with Crippen LogP contribution in [0.2, 0.25) is 0 Å². The van der Waals surface area contributed by atoms with E-state index in [2.05, 4.69) is 15.0 Å². The van der Waals surface area contributed by atoms with E-state index in [1.165, 1.54) is 11.8 Å². The van der Waals surface area contributed by atoms with E-state index in [1.807, 2.05) is 24.3 Å². The first kappa shape index (κ1) is 35.3. The van der Waals surface area contributed by atoms with Gasteiger partial charge >= 0.3 is 19.5 Å². The molecule has 2 N–H and O–H groups in total. The molecule has 2 aromatic heterocycles. The van der Waals surface area contributed by atoms with E-state index < -0.39 is 56.4 Å². The van der Waals surface area contributed by atoms with Crippen molar-refractivity contribution >= 4 is 48.4 Å². The van der Waals surface area contributed by atoms with E-state index in [4.69, 9.17) is 33.7 Å². The number of hydrogen-bond donors (Lipinski definition) is 1. The Hall–Kier alpha value is -3.23. The summed E-state index contributed by atoms with van der Waals surface area (Å²) in [7, 11) is -2.45. The van der Waals surface area contributed by atoms with Crippen molar-refractivity contribution in [3.05, 3.63) is 30.6 Å². The summed E-state index contributed by atoms with van der Waals surface area (Å²) in [5, 5.41) is 0.575. The van der Waals surface area contributed by atoms with Gasteiger partial charge < -0.3 is 29.2 Å². The van der Waals surface area contributed by atoms with Crippen LogP contribution in [0.3, 0.4) is 0 Å². The number of rotatable bonds is 14. The highest BCUT2D eigenvalue weighted by atomic mass is 32.2. The van der Waals surface area contributed by atoms with Crippen LogP contribution >= 0.6 is 19.4 Å². The highest BCUT2D eigenvalue weighted by Gasteiger charge is 2.31. The maximum atomic E-state index is 13.5. The number of imidazole rings is 1. The summed E-state index contributed by atoms with van der Waals surface area (Å²) in [5.74, 6) is -0.313. The number of benzene rings is 1. The summed E-state index contributed by atoms with van der Waals surface area (Å²) in [6.07, 6.45) is 0.522. The molecule has 0 aliphatic heterocycles. The first-order valence-electron chi connectivity index (χ1n) is 13.7. The Kier molecular flexibility index (Phi) is 11.8. The smallest absolute Gasteiger partial charge is 0.361 e. The number of aromatic nitrogens is 4. The van der Waals surface area contributed by atoms with E-state index in [0.717, 1.165) is 10.6 Å². The summed E-state index contributed by atoms with van der Waals surface area (Å²) in [4.78, 5) is 38.4. The third kappa shape index (κ3) is 10.2. The van der Waals surface area contributed by atoms with Crippen molar-refractivity contribution < 1.29 is 42.1 Å². The fraction of sp³-hybridized carbons (Fsp3) is 0.536. The number of fused-ring (bicyclic) bond motifs is 1. The second-order valence-electron chi connectivity index (χ2n) is 11.8. The molecule has 2 heterocycles. The topological polar surface area (TPSA) is 176 Å². The monoisotopic (exact) mass is 653 g/mol. The third-order valence-corrected chi connectivity index (χ3v) is 8.25. The standard InChI is InChI=1S/C28H40N5O9PS/c1-18(40-17-43(36,41-15-38-24(34)27(2,3)4)42-16-39-25(35)28(5,6)7)13-33-14-30-21-22(33)31-26(29)32-23(21)44-20-11-9-19(37-8)10-12-20/h9-12,14,18H,13,15-17H2,1-8H3,(H2,29,31,32). The minimum Gasteiger partial charge on any atom is -0.497 e. The van der Waals surface area contributed by atoms with Gasteiger partial charge in [0.2, 0.25) is 19.5 Å². The minimum absolute atomic E-state index is 0.0738. The molecule has 0 bridgehead atoms. The fourth-order valence-corrected chi connectivity index (χ4v) is 5.27. The van der Waals surface area contributed by atoms with Crippen LogP contribution in [-0.4, -0.2) is 64.6 Å². The Morgan fingerprint density at radius 2 is 1.55 bits per heavy atom. The van der Waals surface area contributed by atoms with Crippen LogP contribution < -0.4 is 10.5 Å². The number of nitrogens with two attached hydrogens (primary N) is 1. The molecule has 1 unspecified atom stereocenters. The zero-order valence-corrected chi connectivity index (χ0v) is 27.9. The van der Waals surface area contributed by atoms with E-state index in [1.54, 1.807) is 66.5 Å². The van der Waals surface area contributed by atoms with Crippen LogP contribution in [0, 0.1) is 10.8 Å². The van der Waals surface area contributed by atoms with Gasteiger partial charge in [0.15, 0.2) is 5.65 Å². The maximum absolute atomic E-state index is 13.5. The van der Waals surface area contributed by atoms with Crippen molar-refractivity contribution in [3.8, 4) is 5.75 Å². The number of esters is 2. The Morgan fingerprint density at radius 1 is 0.977 bits per heavy atom. The molecule has 1 atom stereocenters. The van der Waals surface area contributed by atoms with E-state index >= 15 is 0 Å². The Balaban J connectivity index is 1.69. The Bertz CT molecular complexity index is 1450. The number of carbonyl (C=O) groups is 2. The zero-order chi connectivity index (χ0) is 32.7. The molecule has 0 saturated carbocycles. The molecule has 14 nitrogen and oxygen atoms in total. The average molecular weight is 654 g/mol. The molecular weight excluding hydrogens is 613 g/mol. The molecule has 16 heteroatoms. The van der Waals surface area contributed by atoms with Gasteiger partial charge in [0, 0.05) is 4.90 Å². The van der Waals surface area contributed by atoms with Crippen molar-refractivity contribution in [2.24, 2.45) is 10.8 Å². The molecule has 44 heavy (non-hydrogen) atoms. The molecule has 0 saturated heterocycles. The lowest BCUT2D eigenvalue weighted by Crippen LogP contribution is -2.25. The lowest BCUT2D eigenvalue weighted by Gasteiger charge is -2.23. The highest BCUT2D eigenvalue weighted by molar-refractivity contribution is 7.99. The van der Waals surface area contributed by atoms with E-state index in [-0.39, 0.29) is 12.5 Å². The predicted molar refractivity (Wildman–Crippen MR) is 163 cm³/mol. The predicted octanol–water partition coefficient (Wildman–Crippen LogP) is 5.25. The van der Waals surface area contributed by atoms with Crippen molar-refractivity contribution in [1.82, 2.24) is 19.5 Å². The van der Waals surface area contributed by atoms with Gasteiger partial charge in [-0.3, -0.25) is 23.2 Å². The molecule has 3 rings (SSSR count). The summed E-state index contributed by atoms with van der Waals surface area (Å²) in [6, 6.07) is 7.49. The van der Waals surface area contributed by atoms with Gasteiger partial charge in [0.05, 0.1) is 36.9 Å². The summed E-state index contributed by atoms with van der Waals surface area (Å²) in [5.41, 5.74) is 5.46. The number of carbonyl (C=O) groups excluding carboxylic acids is 2. The van der Waals surface area contributed by atoms with Gasteiger partial charge in [0.25, 0.3) is 0 Å². The number of nitrogen functional groups attached to an aromatic ring is 1. The minimum atomic E-state index is -4.05. The van der Waals surface area contributed by atoms with Gasteiger partial charge in [0.1, 0.15) is 22.6 Å². The van der Waals surface area contributed by atoms with Crippen LogP contribution in [-0.2, 0) is 44.0 Å². The lowest BCUT2D eigenvalue weighted by atomic mass is 9.98. The lowest BCUT2D eigenvalue weighted by molar-refractivity contribution is -0.162. The summed E-state index contributed by atoms with van der Waals surface area (Å²) >= 11 is 1.38. The number of anilines is 1. The summed E-state index contributed by atoms with van der Waals surface area (Å²) < 4.78 is 47.1. The van der Waals surface area contributed by atoms with Gasteiger partial charge in [-0.05, 0) is 72.7 Å². The molecule has 0 radical (unpaired) electrons. The first-order valence-corrected chi connectivity index (χ1v) is 16.2.